The van der Waals surface area contributed by atoms with Gasteiger partial charge in [-0.15, -0.1) is 10.2 Å². The molecule has 27 heavy (non-hydrogen) atoms. The Labute approximate surface area is 157 Å². The van der Waals surface area contributed by atoms with E-state index in [1.165, 1.54) is 6.42 Å². The molecule has 2 aliphatic heterocycles. The predicted octanol–water partition coefficient (Wildman–Crippen LogP) is 3.17. The molecule has 0 spiro atoms. The molecule has 1 amide bonds. The number of hydrogen-bond donors (Lipinski definition) is 0. The summed E-state index contributed by atoms with van der Waals surface area (Å²) in [5.74, 6) is 2.28. The summed E-state index contributed by atoms with van der Waals surface area (Å²) < 4.78 is 7.98. The van der Waals surface area contributed by atoms with Gasteiger partial charge in [0.1, 0.15) is 11.3 Å². The van der Waals surface area contributed by atoms with E-state index in [2.05, 4.69) is 15.2 Å². The summed E-state index contributed by atoms with van der Waals surface area (Å²) in [7, 11) is 0. The van der Waals surface area contributed by atoms with Crippen molar-refractivity contribution < 1.29 is 9.21 Å². The summed E-state index contributed by atoms with van der Waals surface area (Å²) in [6.07, 6.45) is 6.21. The van der Waals surface area contributed by atoms with Crippen molar-refractivity contribution in [3.8, 4) is 0 Å². The number of likely N-dealkylation sites (tertiary alicyclic amines) is 1. The molecule has 0 aliphatic carbocycles. The van der Waals surface area contributed by atoms with E-state index in [-0.39, 0.29) is 11.8 Å². The minimum absolute atomic E-state index is 0.0172. The van der Waals surface area contributed by atoms with Crippen molar-refractivity contribution in [2.45, 2.75) is 51.0 Å². The van der Waals surface area contributed by atoms with Gasteiger partial charge < -0.3 is 13.9 Å². The lowest BCUT2D eigenvalue weighted by molar-refractivity contribution is 0.0680. The van der Waals surface area contributed by atoms with Crippen molar-refractivity contribution in [2.24, 2.45) is 0 Å². The fraction of sp³-hybridized carbons (Fsp3) is 0.500. The standard InChI is InChI=1S/C20H23N5O2/c26-20(18-23-22-17-10-2-1-5-12-25(17)18)24-11-6-7-14(13-24)19-21-15-8-3-4-9-16(15)27-19/h3-4,8-9,14H,1-2,5-7,10-13H2. The van der Waals surface area contributed by atoms with Crippen LogP contribution in [0.5, 0.6) is 0 Å². The van der Waals surface area contributed by atoms with Gasteiger partial charge in [0.05, 0.1) is 5.92 Å². The fourth-order valence-corrected chi connectivity index (χ4v) is 4.21. The molecule has 140 valence electrons. The summed E-state index contributed by atoms with van der Waals surface area (Å²) in [5.41, 5.74) is 1.68. The molecule has 1 unspecified atom stereocenters. The molecule has 3 aromatic rings. The van der Waals surface area contributed by atoms with Gasteiger partial charge in [0.25, 0.3) is 5.91 Å². The summed E-state index contributed by atoms with van der Waals surface area (Å²) in [6.45, 7) is 2.21. The summed E-state index contributed by atoms with van der Waals surface area (Å²) >= 11 is 0. The van der Waals surface area contributed by atoms with Crippen molar-refractivity contribution in [2.75, 3.05) is 13.1 Å². The molecule has 5 rings (SSSR count). The number of rotatable bonds is 2. The minimum atomic E-state index is -0.0172. The van der Waals surface area contributed by atoms with E-state index >= 15 is 0 Å². The molecule has 1 saturated heterocycles. The maximum atomic E-state index is 13.1. The molecular formula is C20H23N5O2. The van der Waals surface area contributed by atoms with E-state index in [1.54, 1.807) is 0 Å². The Hall–Kier alpha value is -2.70. The smallest absolute Gasteiger partial charge is 0.291 e. The number of aromatic nitrogens is 4. The molecule has 0 N–H and O–H groups in total. The number of carbonyl (C=O) groups is 1. The topological polar surface area (TPSA) is 77.1 Å². The Kier molecular flexibility index (Phi) is 4.14. The van der Waals surface area contributed by atoms with E-state index < -0.39 is 0 Å². The first kappa shape index (κ1) is 16.5. The molecule has 0 saturated carbocycles. The molecule has 7 nitrogen and oxygen atoms in total. The summed E-state index contributed by atoms with van der Waals surface area (Å²) in [6, 6.07) is 7.80. The van der Waals surface area contributed by atoms with Gasteiger partial charge in [-0.2, -0.15) is 0 Å². The maximum Gasteiger partial charge on any atom is 0.291 e. The van der Waals surface area contributed by atoms with Crippen molar-refractivity contribution in [1.82, 2.24) is 24.6 Å². The van der Waals surface area contributed by atoms with Gasteiger partial charge in [-0.3, -0.25) is 4.79 Å². The molecule has 1 aromatic carbocycles. The van der Waals surface area contributed by atoms with Crippen molar-refractivity contribution in [3.05, 3.63) is 41.8 Å². The van der Waals surface area contributed by atoms with Gasteiger partial charge >= 0.3 is 0 Å². The zero-order valence-corrected chi connectivity index (χ0v) is 15.3. The van der Waals surface area contributed by atoms with Crippen molar-refractivity contribution in [1.29, 1.82) is 0 Å². The van der Waals surface area contributed by atoms with Gasteiger partial charge in [0, 0.05) is 26.1 Å². The molecule has 7 heteroatoms. The monoisotopic (exact) mass is 365 g/mol. The Bertz CT molecular complexity index is 943. The third-order valence-electron chi connectivity index (χ3n) is 5.67. The number of amides is 1. The first-order chi connectivity index (χ1) is 13.3. The number of carbonyl (C=O) groups excluding carboxylic acids is 1. The van der Waals surface area contributed by atoms with Crippen LogP contribution in [-0.2, 0) is 13.0 Å². The quantitative estimate of drug-likeness (QED) is 0.697. The molecule has 2 aromatic heterocycles. The molecule has 1 atom stereocenters. The average Bonchev–Trinajstić information content (AvgIpc) is 3.25. The van der Waals surface area contributed by atoms with Crippen LogP contribution in [0.1, 0.15) is 60.4 Å². The van der Waals surface area contributed by atoms with Crippen LogP contribution in [0.25, 0.3) is 11.1 Å². The van der Waals surface area contributed by atoms with Crippen LogP contribution < -0.4 is 0 Å². The Morgan fingerprint density at radius 1 is 1.07 bits per heavy atom. The third kappa shape index (κ3) is 3.01. The van der Waals surface area contributed by atoms with Crippen LogP contribution >= 0.6 is 0 Å². The molecule has 0 radical (unpaired) electrons. The Morgan fingerprint density at radius 2 is 2.00 bits per heavy atom. The predicted molar refractivity (Wildman–Crippen MR) is 99.5 cm³/mol. The van der Waals surface area contributed by atoms with Crippen molar-refractivity contribution >= 4 is 17.0 Å². The highest BCUT2D eigenvalue weighted by Crippen LogP contribution is 2.29. The molecule has 0 bridgehead atoms. The molecule has 2 aliphatic rings. The van der Waals surface area contributed by atoms with Crippen LogP contribution in [0.3, 0.4) is 0 Å². The van der Waals surface area contributed by atoms with Crippen LogP contribution in [0.2, 0.25) is 0 Å². The minimum Gasteiger partial charge on any atom is -0.440 e. The van der Waals surface area contributed by atoms with E-state index in [0.717, 1.165) is 68.0 Å². The normalized spacial score (nSPS) is 20.4. The first-order valence-electron chi connectivity index (χ1n) is 9.86. The number of para-hydroxylation sites is 2. The number of fused-ring (bicyclic) bond motifs is 2. The zero-order chi connectivity index (χ0) is 18.2. The number of aryl methyl sites for hydroxylation is 1. The highest BCUT2D eigenvalue weighted by molar-refractivity contribution is 5.91. The SMILES string of the molecule is O=C(c1nnc2n1CCCCC2)N1CCCC(c2nc3ccccc3o2)C1. The number of piperidine rings is 1. The lowest BCUT2D eigenvalue weighted by atomic mass is 9.98. The van der Waals surface area contributed by atoms with E-state index in [4.69, 9.17) is 4.42 Å². The van der Waals surface area contributed by atoms with E-state index in [0.29, 0.717) is 12.4 Å². The zero-order valence-electron chi connectivity index (χ0n) is 15.3. The van der Waals surface area contributed by atoms with Crippen LogP contribution in [0.15, 0.2) is 28.7 Å². The molecular weight excluding hydrogens is 342 g/mol. The van der Waals surface area contributed by atoms with Gasteiger partial charge in [0.15, 0.2) is 11.5 Å². The highest BCUT2D eigenvalue weighted by atomic mass is 16.3. The van der Waals surface area contributed by atoms with E-state index in [1.807, 2.05) is 33.7 Å². The second-order valence-electron chi connectivity index (χ2n) is 7.51. The van der Waals surface area contributed by atoms with Gasteiger partial charge in [-0.1, -0.05) is 18.6 Å². The molecule has 1 fully saturated rings. The van der Waals surface area contributed by atoms with E-state index in [9.17, 15) is 4.79 Å². The summed E-state index contributed by atoms with van der Waals surface area (Å²) in [5, 5.41) is 8.50. The number of benzene rings is 1. The van der Waals surface area contributed by atoms with Gasteiger partial charge in [-0.05, 0) is 37.8 Å². The molecule has 4 heterocycles. The van der Waals surface area contributed by atoms with Gasteiger partial charge in [0.2, 0.25) is 5.82 Å². The number of hydrogen-bond acceptors (Lipinski definition) is 5. The fourth-order valence-electron chi connectivity index (χ4n) is 4.21. The summed E-state index contributed by atoms with van der Waals surface area (Å²) in [4.78, 5) is 19.7. The highest BCUT2D eigenvalue weighted by Gasteiger charge is 2.31. The lowest BCUT2D eigenvalue weighted by Crippen LogP contribution is -2.40. The lowest BCUT2D eigenvalue weighted by Gasteiger charge is -2.31. The Balaban J connectivity index is 1.38. The maximum absolute atomic E-state index is 13.1. The van der Waals surface area contributed by atoms with Gasteiger partial charge in [-0.25, -0.2) is 4.98 Å². The second-order valence-corrected chi connectivity index (χ2v) is 7.51. The van der Waals surface area contributed by atoms with Crippen LogP contribution in [-0.4, -0.2) is 43.6 Å². The Morgan fingerprint density at radius 3 is 2.93 bits per heavy atom. The second kappa shape index (κ2) is 6.79. The largest absolute Gasteiger partial charge is 0.440 e. The van der Waals surface area contributed by atoms with Crippen molar-refractivity contribution in [3.63, 3.8) is 0 Å². The average molecular weight is 365 g/mol. The van der Waals surface area contributed by atoms with Crippen LogP contribution in [0, 0.1) is 0 Å². The third-order valence-corrected chi connectivity index (χ3v) is 5.67. The van der Waals surface area contributed by atoms with Crippen LogP contribution in [0.4, 0.5) is 0 Å². The first-order valence-corrected chi connectivity index (χ1v) is 9.86. The number of oxazole rings is 1. The number of nitrogens with zero attached hydrogens (tertiary/aromatic N) is 5.